The van der Waals surface area contributed by atoms with Gasteiger partial charge in [-0.1, -0.05) is 31.9 Å². The van der Waals surface area contributed by atoms with Crippen molar-refractivity contribution >= 4 is 12.2 Å². The van der Waals surface area contributed by atoms with Crippen LogP contribution in [0.4, 0.5) is 8.78 Å². The summed E-state index contributed by atoms with van der Waals surface area (Å²) in [5.74, 6) is -1.14. The SMILES string of the molecule is C=C(C)NCC(=C)N1C/C(=C\c2ccc(F)c(C#N)c2)C(=C)/C(=C/c2ccc(F)c(C#N)c2)C1. The van der Waals surface area contributed by atoms with E-state index in [1.807, 2.05) is 31.2 Å². The van der Waals surface area contributed by atoms with Crippen LogP contribution in [0.3, 0.4) is 0 Å². The van der Waals surface area contributed by atoms with Crippen molar-refractivity contribution in [3.05, 3.63) is 118 Å². The minimum atomic E-state index is -0.571. The second-order valence-electron chi connectivity index (χ2n) is 8.08. The fourth-order valence-electron chi connectivity index (χ4n) is 3.56. The molecule has 1 saturated heterocycles. The number of halogens is 2. The smallest absolute Gasteiger partial charge is 0.140 e. The summed E-state index contributed by atoms with van der Waals surface area (Å²) in [5, 5.41) is 21.5. The first-order valence-corrected chi connectivity index (χ1v) is 10.5. The molecule has 3 rings (SSSR count). The number of likely N-dealkylation sites (tertiary alicyclic amines) is 1. The van der Waals surface area contributed by atoms with E-state index in [9.17, 15) is 8.78 Å². The van der Waals surface area contributed by atoms with Crippen molar-refractivity contribution in [1.29, 1.82) is 10.5 Å². The normalized spacial score (nSPS) is 15.7. The number of hydrogen-bond acceptors (Lipinski definition) is 4. The van der Waals surface area contributed by atoms with Crippen LogP contribution in [0.15, 0.2) is 84.2 Å². The summed E-state index contributed by atoms with van der Waals surface area (Å²) in [4.78, 5) is 2.08. The molecule has 0 unspecified atom stereocenters. The Balaban J connectivity index is 2.02. The molecule has 0 aromatic heterocycles. The van der Waals surface area contributed by atoms with Gasteiger partial charge in [0.1, 0.15) is 23.8 Å². The van der Waals surface area contributed by atoms with Crippen LogP contribution < -0.4 is 5.32 Å². The van der Waals surface area contributed by atoms with Gasteiger partial charge < -0.3 is 10.2 Å². The van der Waals surface area contributed by atoms with E-state index in [1.165, 1.54) is 24.3 Å². The van der Waals surface area contributed by atoms with Crippen LogP contribution in [0.2, 0.25) is 0 Å². The zero-order valence-corrected chi connectivity index (χ0v) is 19.0. The van der Waals surface area contributed by atoms with E-state index in [0.29, 0.717) is 30.8 Å². The molecule has 0 aliphatic carbocycles. The summed E-state index contributed by atoms with van der Waals surface area (Å²) < 4.78 is 27.6. The predicted octanol–water partition coefficient (Wildman–Crippen LogP) is 5.68. The van der Waals surface area contributed by atoms with Gasteiger partial charge in [-0.15, -0.1) is 0 Å². The molecule has 4 nitrogen and oxygen atoms in total. The van der Waals surface area contributed by atoms with Gasteiger partial charge in [-0.2, -0.15) is 10.5 Å². The molecule has 0 saturated carbocycles. The third-order valence-corrected chi connectivity index (χ3v) is 5.44. The third kappa shape index (κ3) is 5.68. The average Bonchev–Trinajstić information content (AvgIpc) is 2.82. The molecule has 0 atom stereocenters. The number of allylic oxidation sites excluding steroid dienone is 1. The van der Waals surface area contributed by atoms with Gasteiger partial charge in [-0.3, -0.25) is 0 Å². The van der Waals surface area contributed by atoms with Crippen LogP contribution in [0.25, 0.3) is 12.2 Å². The van der Waals surface area contributed by atoms with Gasteiger partial charge in [0.15, 0.2) is 0 Å². The minimum Gasteiger partial charge on any atom is -0.384 e. The monoisotopic (exact) mass is 454 g/mol. The second kappa shape index (κ2) is 10.5. The molecule has 0 spiro atoms. The van der Waals surface area contributed by atoms with E-state index in [2.05, 4.69) is 30.0 Å². The number of hydrogen-bond donors (Lipinski definition) is 1. The first kappa shape index (κ1) is 24.2. The molecule has 1 aliphatic rings. The maximum Gasteiger partial charge on any atom is 0.140 e. The summed E-state index contributed by atoms with van der Waals surface area (Å²) in [6.07, 6.45) is 3.74. The van der Waals surface area contributed by atoms with Crippen molar-refractivity contribution in [2.24, 2.45) is 0 Å². The quantitative estimate of drug-likeness (QED) is 0.610. The van der Waals surface area contributed by atoms with Crippen LogP contribution in [-0.4, -0.2) is 24.5 Å². The van der Waals surface area contributed by atoms with E-state index in [0.717, 1.165) is 28.1 Å². The molecule has 0 radical (unpaired) electrons. The summed E-state index contributed by atoms with van der Waals surface area (Å²) in [7, 11) is 0. The Morgan fingerprint density at radius 2 is 1.44 bits per heavy atom. The molecule has 1 heterocycles. The number of nitrogens with zero attached hydrogens (tertiary/aromatic N) is 3. The summed E-state index contributed by atoms with van der Waals surface area (Å²) in [5.41, 5.74) is 5.44. The Bertz CT molecular complexity index is 1230. The minimum absolute atomic E-state index is 0.0335. The van der Waals surface area contributed by atoms with E-state index < -0.39 is 11.6 Å². The lowest BCUT2D eigenvalue weighted by molar-refractivity contribution is 0.385. The molecular formula is C28H24F2N4. The first-order chi connectivity index (χ1) is 16.2. The lowest BCUT2D eigenvalue weighted by Gasteiger charge is -2.35. The molecule has 2 aromatic rings. The number of benzene rings is 2. The van der Waals surface area contributed by atoms with Gasteiger partial charge in [-0.25, -0.2) is 8.78 Å². The second-order valence-corrected chi connectivity index (χ2v) is 8.08. The van der Waals surface area contributed by atoms with Crippen molar-refractivity contribution in [3.8, 4) is 12.1 Å². The fraction of sp³-hybridized carbons (Fsp3) is 0.143. The average molecular weight is 455 g/mol. The van der Waals surface area contributed by atoms with E-state index in [1.54, 1.807) is 12.1 Å². The zero-order valence-electron chi connectivity index (χ0n) is 19.0. The maximum atomic E-state index is 13.8. The molecule has 0 bridgehead atoms. The van der Waals surface area contributed by atoms with Crippen molar-refractivity contribution in [3.63, 3.8) is 0 Å². The van der Waals surface area contributed by atoms with E-state index in [-0.39, 0.29) is 11.1 Å². The number of nitrogens with one attached hydrogen (secondary N) is 1. The third-order valence-electron chi connectivity index (χ3n) is 5.44. The van der Waals surface area contributed by atoms with Crippen molar-refractivity contribution in [2.45, 2.75) is 6.92 Å². The van der Waals surface area contributed by atoms with Gasteiger partial charge in [0.05, 0.1) is 17.7 Å². The Hall–Kier alpha value is -4.42. The number of rotatable bonds is 6. The van der Waals surface area contributed by atoms with E-state index in [4.69, 9.17) is 10.5 Å². The maximum absolute atomic E-state index is 13.8. The summed E-state index contributed by atoms with van der Waals surface area (Å²) in [6, 6.07) is 12.5. The standard InChI is InChI=1S/C28H24F2N4/c1-18(2)33-15-19(3)34-16-25(11-21-5-7-27(29)23(9-21)13-31)20(4)26(17-34)12-22-6-8-28(30)24(10-22)14-32/h5-12,33H,1,3-4,15-17H2,2H3/b25-11+,26-12+. The van der Waals surface area contributed by atoms with Crippen LogP contribution in [0, 0.1) is 34.3 Å². The van der Waals surface area contributed by atoms with Gasteiger partial charge >= 0.3 is 0 Å². The van der Waals surface area contributed by atoms with Crippen molar-refractivity contribution in [1.82, 2.24) is 10.2 Å². The topological polar surface area (TPSA) is 62.9 Å². The molecule has 1 fully saturated rings. The largest absolute Gasteiger partial charge is 0.384 e. The molecule has 0 amide bonds. The molecule has 34 heavy (non-hydrogen) atoms. The zero-order chi connectivity index (χ0) is 24.8. The molecule has 1 N–H and O–H groups in total. The highest BCUT2D eigenvalue weighted by Gasteiger charge is 2.23. The lowest BCUT2D eigenvalue weighted by atomic mass is 9.90. The van der Waals surface area contributed by atoms with Gasteiger partial charge in [0.2, 0.25) is 0 Å². The predicted molar refractivity (Wildman–Crippen MR) is 131 cm³/mol. The molecule has 2 aromatic carbocycles. The molecule has 170 valence electrons. The Morgan fingerprint density at radius 3 is 1.85 bits per heavy atom. The first-order valence-electron chi connectivity index (χ1n) is 10.5. The highest BCUT2D eigenvalue weighted by atomic mass is 19.1. The van der Waals surface area contributed by atoms with Gasteiger partial charge in [0, 0.05) is 24.5 Å². The molecular weight excluding hydrogens is 430 g/mol. The highest BCUT2D eigenvalue weighted by Crippen LogP contribution is 2.31. The van der Waals surface area contributed by atoms with Gasteiger partial charge in [-0.05, 0) is 71.2 Å². The van der Waals surface area contributed by atoms with Crippen LogP contribution in [0.5, 0.6) is 0 Å². The summed E-state index contributed by atoms with van der Waals surface area (Å²) in [6.45, 7) is 15.7. The van der Waals surface area contributed by atoms with Crippen LogP contribution in [0.1, 0.15) is 29.2 Å². The van der Waals surface area contributed by atoms with Crippen LogP contribution in [-0.2, 0) is 0 Å². The van der Waals surface area contributed by atoms with E-state index >= 15 is 0 Å². The molecule has 6 heteroatoms. The van der Waals surface area contributed by atoms with Crippen molar-refractivity contribution < 1.29 is 8.78 Å². The summed E-state index contributed by atoms with van der Waals surface area (Å²) >= 11 is 0. The van der Waals surface area contributed by atoms with Crippen LogP contribution >= 0.6 is 0 Å². The number of nitriles is 2. The number of piperidine rings is 1. The highest BCUT2D eigenvalue weighted by molar-refractivity contribution is 5.70. The Morgan fingerprint density at radius 1 is 0.971 bits per heavy atom. The Kier molecular flexibility index (Phi) is 7.46. The molecule has 1 aliphatic heterocycles. The van der Waals surface area contributed by atoms with Crippen molar-refractivity contribution in [2.75, 3.05) is 19.6 Å². The fourth-order valence-corrected chi connectivity index (χ4v) is 3.56. The lowest BCUT2D eigenvalue weighted by Crippen LogP contribution is -2.36. The Labute approximate surface area is 198 Å². The van der Waals surface area contributed by atoms with Gasteiger partial charge in [0.25, 0.3) is 0 Å².